The first-order valence-corrected chi connectivity index (χ1v) is 11.4. The molecule has 1 atom stereocenters. The predicted molar refractivity (Wildman–Crippen MR) is 111 cm³/mol. The van der Waals surface area contributed by atoms with Crippen LogP contribution in [0.25, 0.3) is 0 Å². The Labute approximate surface area is 179 Å². The number of fused-ring (bicyclic) bond motifs is 1. The van der Waals surface area contributed by atoms with Crippen LogP contribution in [-0.4, -0.2) is 46.9 Å². The van der Waals surface area contributed by atoms with Gasteiger partial charge in [-0.1, -0.05) is 6.07 Å². The van der Waals surface area contributed by atoms with Gasteiger partial charge in [-0.2, -0.15) is 13.5 Å². The van der Waals surface area contributed by atoms with E-state index >= 15 is 0 Å². The fourth-order valence-corrected chi connectivity index (χ4v) is 5.35. The first kappa shape index (κ1) is 21.0. The van der Waals surface area contributed by atoms with Crippen molar-refractivity contribution in [2.75, 3.05) is 4.72 Å². The highest BCUT2D eigenvalue weighted by Crippen LogP contribution is 2.33. The SMILES string of the molecule is Cc1cc(S(=O)(=O)Nc2cccc3c2CN(C2CCC(=O)NC2=O)C3=O)n(C(C)C)n1. The first-order chi connectivity index (χ1) is 14.6. The Balaban J connectivity index is 1.65. The molecule has 164 valence electrons. The van der Waals surface area contributed by atoms with Gasteiger partial charge in [-0.05, 0) is 45.4 Å². The molecule has 11 heteroatoms. The summed E-state index contributed by atoms with van der Waals surface area (Å²) in [6.07, 6.45) is 0.382. The lowest BCUT2D eigenvalue weighted by molar-refractivity contribution is -0.136. The van der Waals surface area contributed by atoms with Crippen LogP contribution in [0.3, 0.4) is 0 Å². The van der Waals surface area contributed by atoms with Crippen molar-refractivity contribution >= 4 is 33.4 Å². The van der Waals surface area contributed by atoms with Crippen LogP contribution >= 0.6 is 0 Å². The summed E-state index contributed by atoms with van der Waals surface area (Å²) in [6, 6.07) is 5.34. The van der Waals surface area contributed by atoms with Crippen molar-refractivity contribution in [3.8, 4) is 0 Å². The minimum absolute atomic E-state index is 0.0314. The average molecular weight is 446 g/mol. The fourth-order valence-electron chi connectivity index (χ4n) is 3.94. The van der Waals surface area contributed by atoms with E-state index in [4.69, 9.17) is 0 Å². The van der Waals surface area contributed by atoms with E-state index in [1.165, 1.54) is 15.6 Å². The summed E-state index contributed by atoms with van der Waals surface area (Å²) in [4.78, 5) is 38.0. The third-order valence-corrected chi connectivity index (χ3v) is 6.76. The maximum Gasteiger partial charge on any atom is 0.279 e. The number of benzene rings is 1. The van der Waals surface area contributed by atoms with Gasteiger partial charge in [0.2, 0.25) is 11.8 Å². The standard InChI is InChI=1S/C20H23N5O5S/c1-11(2)25-18(9-12(3)22-25)31(29,30)23-15-6-4-5-13-14(15)10-24(20(13)28)16-7-8-17(26)21-19(16)27/h4-6,9,11,16,23H,7-8,10H2,1-3H3,(H,21,26,27). The van der Waals surface area contributed by atoms with Gasteiger partial charge in [0, 0.05) is 30.1 Å². The van der Waals surface area contributed by atoms with Gasteiger partial charge < -0.3 is 4.90 Å². The number of anilines is 1. The average Bonchev–Trinajstić information content (AvgIpc) is 3.24. The number of nitrogens with one attached hydrogen (secondary N) is 2. The Morgan fingerprint density at radius 2 is 1.97 bits per heavy atom. The summed E-state index contributed by atoms with van der Waals surface area (Å²) < 4.78 is 30.3. The molecule has 0 saturated carbocycles. The van der Waals surface area contributed by atoms with Gasteiger partial charge in [-0.25, -0.2) is 4.68 Å². The number of piperidine rings is 1. The highest BCUT2D eigenvalue weighted by molar-refractivity contribution is 7.92. The molecule has 2 aromatic rings. The monoisotopic (exact) mass is 445 g/mol. The topological polar surface area (TPSA) is 130 Å². The van der Waals surface area contributed by atoms with Crippen molar-refractivity contribution in [1.82, 2.24) is 20.0 Å². The summed E-state index contributed by atoms with van der Waals surface area (Å²) in [5, 5.41) is 6.54. The van der Waals surface area contributed by atoms with Crippen molar-refractivity contribution in [2.45, 2.75) is 57.3 Å². The van der Waals surface area contributed by atoms with Crippen LogP contribution in [0.15, 0.2) is 29.3 Å². The zero-order valence-electron chi connectivity index (χ0n) is 17.4. The van der Waals surface area contributed by atoms with Crippen molar-refractivity contribution in [3.05, 3.63) is 41.1 Å². The van der Waals surface area contributed by atoms with Gasteiger partial charge in [0.1, 0.15) is 6.04 Å². The number of imide groups is 1. The van der Waals surface area contributed by atoms with Gasteiger partial charge in [0.15, 0.2) is 5.03 Å². The molecule has 3 heterocycles. The minimum Gasteiger partial charge on any atom is -0.322 e. The van der Waals surface area contributed by atoms with Crippen molar-refractivity contribution in [2.24, 2.45) is 0 Å². The van der Waals surface area contributed by atoms with Crippen LogP contribution < -0.4 is 10.0 Å². The summed E-state index contributed by atoms with van der Waals surface area (Å²) in [7, 11) is -3.97. The number of amides is 3. The second-order valence-corrected chi connectivity index (χ2v) is 9.63. The van der Waals surface area contributed by atoms with E-state index in [1.54, 1.807) is 25.1 Å². The van der Waals surface area contributed by atoms with E-state index in [2.05, 4.69) is 15.1 Å². The first-order valence-electron chi connectivity index (χ1n) is 9.94. The maximum absolute atomic E-state index is 13.1. The summed E-state index contributed by atoms with van der Waals surface area (Å²) >= 11 is 0. The molecular weight excluding hydrogens is 422 g/mol. The Bertz CT molecular complexity index is 1200. The Morgan fingerprint density at radius 3 is 2.65 bits per heavy atom. The molecule has 3 amide bonds. The van der Waals surface area contributed by atoms with Gasteiger partial charge in [0.25, 0.3) is 15.9 Å². The number of sulfonamides is 1. The molecule has 2 aliphatic rings. The van der Waals surface area contributed by atoms with E-state index in [0.717, 1.165) is 0 Å². The molecule has 4 rings (SSSR count). The molecule has 1 unspecified atom stereocenters. The Kier molecular flexibility index (Phi) is 5.08. The van der Waals surface area contributed by atoms with E-state index < -0.39 is 22.0 Å². The summed E-state index contributed by atoms with van der Waals surface area (Å²) in [6.45, 7) is 5.46. The lowest BCUT2D eigenvalue weighted by Crippen LogP contribution is -2.52. The number of rotatable bonds is 5. The quantitative estimate of drug-likeness (QED) is 0.668. The number of carbonyl (C=O) groups is 3. The summed E-state index contributed by atoms with van der Waals surface area (Å²) in [5.41, 5.74) is 1.67. The molecule has 1 saturated heterocycles. The maximum atomic E-state index is 13.1. The van der Waals surface area contributed by atoms with Crippen molar-refractivity contribution in [1.29, 1.82) is 0 Å². The molecule has 1 aromatic carbocycles. The number of aromatic nitrogens is 2. The lowest BCUT2D eigenvalue weighted by atomic mass is 10.0. The molecule has 2 aliphatic heterocycles. The van der Waals surface area contributed by atoms with Crippen molar-refractivity contribution < 1.29 is 22.8 Å². The predicted octanol–water partition coefficient (Wildman–Crippen LogP) is 1.33. The highest BCUT2D eigenvalue weighted by Gasteiger charge is 2.40. The Morgan fingerprint density at radius 1 is 1.23 bits per heavy atom. The number of nitrogens with zero attached hydrogens (tertiary/aromatic N) is 3. The van der Waals surface area contributed by atoms with E-state index in [1.807, 2.05) is 13.8 Å². The van der Waals surface area contributed by atoms with Crippen LogP contribution in [0.4, 0.5) is 5.69 Å². The number of hydrogen-bond donors (Lipinski definition) is 2. The normalized spacial score (nSPS) is 19.0. The van der Waals surface area contributed by atoms with Gasteiger partial charge in [-0.15, -0.1) is 0 Å². The third kappa shape index (κ3) is 3.69. The molecule has 10 nitrogen and oxygen atoms in total. The van der Waals surface area contributed by atoms with Crippen LogP contribution in [0.1, 0.15) is 54.3 Å². The number of hydrogen-bond acceptors (Lipinski definition) is 6. The van der Waals surface area contributed by atoms with Crippen LogP contribution in [-0.2, 0) is 26.2 Å². The molecule has 0 aliphatic carbocycles. The molecule has 1 fully saturated rings. The summed E-state index contributed by atoms with van der Waals surface area (Å²) in [5.74, 6) is -1.25. The van der Waals surface area contributed by atoms with Crippen LogP contribution in [0, 0.1) is 6.92 Å². The molecule has 31 heavy (non-hydrogen) atoms. The van der Waals surface area contributed by atoms with E-state index in [-0.39, 0.29) is 48.0 Å². The Hall–Kier alpha value is -3.21. The third-order valence-electron chi connectivity index (χ3n) is 5.41. The van der Waals surface area contributed by atoms with Crippen LogP contribution in [0.2, 0.25) is 0 Å². The molecule has 2 N–H and O–H groups in total. The van der Waals surface area contributed by atoms with Crippen molar-refractivity contribution in [3.63, 3.8) is 0 Å². The zero-order chi connectivity index (χ0) is 22.5. The smallest absolute Gasteiger partial charge is 0.279 e. The fraction of sp³-hybridized carbons (Fsp3) is 0.400. The van der Waals surface area contributed by atoms with E-state index in [0.29, 0.717) is 16.8 Å². The largest absolute Gasteiger partial charge is 0.322 e. The van der Waals surface area contributed by atoms with Gasteiger partial charge in [-0.3, -0.25) is 24.4 Å². The second-order valence-electron chi connectivity index (χ2n) is 8.00. The molecule has 0 radical (unpaired) electrons. The van der Waals surface area contributed by atoms with Gasteiger partial charge >= 0.3 is 0 Å². The lowest BCUT2D eigenvalue weighted by Gasteiger charge is -2.29. The molecular formula is C20H23N5O5S. The minimum atomic E-state index is -3.97. The zero-order valence-corrected chi connectivity index (χ0v) is 18.2. The van der Waals surface area contributed by atoms with Crippen LogP contribution in [0.5, 0.6) is 0 Å². The number of aryl methyl sites for hydroxylation is 1. The van der Waals surface area contributed by atoms with E-state index in [9.17, 15) is 22.8 Å². The highest BCUT2D eigenvalue weighted by atomic mass is 32.2. The second kappa shape index (κ2) is 7.49. The van der Waals surface area contributed by atoms with Gasteiger partial charge in [0.05, 0.1) is 11.4 Å². The molecule has 1 aromatic heterocycles. The molecule has 0 spiro atoms. The number of carbonyl (C=O) groups excluding carboxylic acids is 3. The molecule has 0 bridgehead atoms.